The number of fused-ring (bicyclic) bond motifs is 7. The van der Waals surface area contributed by atoms with E-state index in [9.17, 15) is 0 Å². The molecule has 1 fully saturated rings. The van der Waals surface area contributed by atoms with Crippen LogP contribution in [0.25, 0.3) is 77.2 Å². The minimum Gasteiger partial charge on any atom is -0.455 e. The van der Waals surface area contributed by atoms with Gasteiger partial charge in [0.2, 0.25) is 0 Å². The van der Waals surface area contributed by atoms with Gasteiger partial charge in [0.1, 0.15) is 11.2 Å². The lowest BCUT2D eigenvalue weighted by Gasteiger charge is -2.31. The van der Waals surface area contributed by atoms with E-state index in [0.717, 1.165) is 50.1 Å². The van der Waals surface area contributed by atoms with Crippen molar-refractivity contribution < 1.29 is 4.42 Å². The normalized spacial score (nSPS) is 14.6. The van der Waals surface area contributed by atoms with Crippen molar-refractivity contribution in [2.45, 2.75) is 57.3 Å². The summed E-state index contributed by atoms with van der Waals surface area (Å²) in [6, 6.07) is 71.9. The highest BCUT2D eigenvalue weighted by Crippen LogP contribution is 2.54. The van der Waals surface area contributed by atoms with E-state index < -0.39 is 0 Å². The molecule has 1 aromatic heterocycles. The van der Waals surface area contributed by atoms with Crippen molar-refractivity contribution in [3.63, 3.8) is 0 Å². The monoisotopic (exact) mass is 811 g/mol. The van der Waals surface area contributed by atoms with Gasteiger partial charge in [-0.2, -0.15) is 0 Å². The number of hydrogen-bond donors (Lipinski definition) is 0. The molecule has 0 amide bonds. The van der Waals surface area contributed by atoms with E-state index in [1.165, 1.54) is 92.9 Å². The summed E-state index contributed by atoms with van der Waals surface area (Å²) in [6.45, 7) is 4.77. The lowest BCUT2D eigenvalue weighted by Crippen LogP contribution is -2.16. The van der Waals surface area contributed by atoms with Crippen LogP contribution in [0.4, 0.5) is 17.1 Å². The smallest absolute Gasteiger partial charge is 0.143 e. The van der Waals surface area contributed by atoms with Crippen LogP contribution < -0.4 is 4.90 Å². The van der Waals surface area contributed by atoms with Crippen LogP contribution >= 0.6 is 0 Å². The fourth-order valence-corrected chi connectivity index (χ4v) is 11.4. The number of anilines is 3. The summed E-state index contributed by atoms with van der Waals surface area (Å²) >= 11 is 0. The van der Waals surface area contributed by atoms with Gasteiger partial charge in [-0.15, -0.1) is 0 Å². The van der Waals surface area contributed by atoms with Gasteiger partial charge in [0.15, 0.2) is 0 Å². The number of nitrogens with zero attached hydrogens (tertiary/aromatic N) is 1. The maximum atomic E-state index is 6.74. The molecule has 2 nitrogen and oxygen atoms in total. The predicted octanol–water partition coefficient (Wildman–Crippen LogP) is 17.6. The summed E-state index contributed by atoms with van der Waals surface area (Å²) in [7, 11) is 0. The van der Waals surface area contributed by atoms with Gasteiger partial charge in [0, 0.05) is 38.6 Å². The van der Waals surface area contributed by atoms with Crippen molar-refractivity contribution in [2.75, 3.05) is 4.90 Å². The Balaban J connectivity index is 1.11. The van der Waals surface area contributed by atoms with Crippen LogP contribution in [-0.2, 0) is 5.41 Å². The van der Waals surface area contributed by atoms with Crippen LogP contribution in [0.3, 0.4) is 0 Å². The van der Waals surface area contributed by atoms with E-state index >= 15 is 0 Å². The number of para-hydroxylation sites is 4. The first-order chi connectivity index (χ1) is 31.0. The Labute approximate surface area is 370 Å². The highest BCUT2D eigenvalue weighted by molar-refractivity contribution is 6.11. The van der Waals surface area contributed by atoms with Crippen molar-refractivity contribution >= 4 is 49.8 Å². The summed E-state index contributed by atoms with van der Waals surface area (Å²) in [5.74, 6) is 0.566. The van der Waals surface area contributed by atoms with E-state index in [-0.39, 0.29) is 5.41 Å². The lowest BCUT2D eigenvalue weighted by atomic mass is 9.79. The van der Waals surface area contributed by atoms with Crippen LogP contribution in [0.5, 0.6) is 0 Å². The molecule has 0 spiro atoms. The Morgan fingerprint density at radius 3 is 1.89 bits per heavy atom. The summed E-state index contributed by atoms with van der Waals surface area (Å²) in [5, 5.41) is 4.94. The van der Waals surface area contributed by atoms with Crippen molar-refractivity contribution in [2.24, 2.45) is 0 Å². The van der Waals surface area contributed by atoms with Gasteiger partial charge in [0.05, 0.1) is 11.4 Å². The molecule has 0 unspecified atom stereocenters. The van der Waals surface area contributed by atoms with E-state index in [1.54, 1.807) is 0 Å². The van der Waals surface area contributed by atoms with Crippen molar-refractivity contribution in [3.05, 3.63) is 211 Å². The van der Waals surface area contributed by atoms with Crippen LogP contribution in [0.15, 0.2) is 199 Å². The standard InChI is InChI=1S/C61H49NO/c1-61(2)54-35-10-6-25-46(54)51-32-17-30-45(59(51)61)42-23-14-24-43(39-42)62(56-37-12-8-27-48(56)52-33-18-34-53-49-28-9-13-38-57(49)63-60(52)53)55-36-11-7-26-47(55)50-31-16-22-41-21-15-29-44(58(41)50)40-19-4-3-5-20-40/h6-18,21-40H,3-5,19-20H2,1-2H3. The zero-order valence-electron chi connectivity index (χ0n) is 35.9. The Morgan fingerprint density at radius 2 is 1.06 bits per heavy atom. The molecule has 0 bridgehead atoms. The van der Waals surface area contributed by atoms with Gasteiger partial charge in [0.25, 0.3) is 0 Å². The highest BCUT2D eigenvalue weighted by atomic mass is 16.3. The van der Waals surface area contributed by atoms with E-state index in [4.69, 9.17) is 4.42 Å². The molecule has 1 saturated carbocycles. The molecule has 63 heavy (non-hydrogen) atoms. The molecule has 0 radical (unpaired) electrons. The summed E-state index contributed by atoms with van der Waals surface area (Å²) < 4.78 is 6.74. The molecule has 0 N–H and O–H groups in total. The molecule has 0 aliphatic heterocycles. The minimum atomic E-state index is -0.146. The molecular formula is C61H49NO. The number of benzene rings is 9. The van der Waals surface area contributed by atoms with Gasteiger partial charge in [-0.25, -0.2) is 0 Å². The van der Waals surface area contributed by atoms with Crippen molar-refractivity contribution in [1.29, 1.82) is 0 Å². The third-order valence-corrected chi connectivity index (χ3v) is 14.3. The first-order valence-corrected chi connectivity index (χ1v) is 22.8. The summed E-state index contributed by atoms with van der Waals surface area (Å²) in [6.07, 6.45) is 6.43. The average Bonchev–Trinajstić information content (AvgIpc) is 3.84. The van der Waals surface area contributed by atoms with Crippen LogP contribution in [0.1, 0.15) is 68.6 Å². The maximum absolute atomic E-state index is 6.74. The quantitative estimate of drug-likeness (QED) is 0.159. The van der Waals surface area contributed by atoms with Gasteiger partial charge < -0.3 is 9.32 Å². The van der Waals surface area contributed by atoms with E-state index in [0.29, 0.717) is 5.92 Å². The predicted molar refractivity (Wildman–Crippen MR) is 266 cm³/mol. The van der Waals surface area contributed by atoms with Gasteiger partial charge in [-0.3, -0.25) is 0 Å². The number of hydrogen-bond acceptors (Lipinski definition) is 2. The van der Waals surface area contributed by atoms with Gasteiger partial charge >= 0.3 is 0 Å². The van der Waals surface area contributed by atoms with Crippen LogP contribution in [0.2, 0.25) is 0 Å². The number of rotatable bonds is 7. The molecule has 12 rings (SSSR count). The second-order valence-electron chi connectivity index (χ2n) is 18.2. The topological polar surface area (TPSA) is 16.4 Å². The van der Waals surface area contributed by atoms with Crippen molar-refractivity contribution in [1.82, 2.24) is 0 Å². The third-order valence-electron chi connectivity index (χ3n) is 14.3. The molecule has 10 aromatic rings. The fourth-order valence-electron chi connectivity index (χ4n) is 11.4. The SMILES string of the molecule is CC1(C)c2ccccc2-c2cccc(-c3cccc(N(c4ccccc4-c4cccc5c4oc4ccccc45)c4ccccc4-c4cccc5cccc(C6CCCCC6)c45)c3)c21. The Kier molecular flexibility index (Phi) is 8.97. The molecule has 2 heteroatoms. The van der Waals surface area contributed by atoms with E-state index in [1.807, 2.05) is 0 Å². The van der Waals surface area contributed by atoms with Crippen LogP contribution in [0, 0.1) is 0 Å². The second-order valence-corrected chi connectivity index (χ2v) is 18.2. The van der Waals surface area contributed by atoms with Crippen molar-refractivity contribution in [3.8, 4) is 44.5 Å². The molecule has 0 atom stereocenters. The Morgan fingerprint density at radius 1 is 0.476 bits per heavy atom. The Hall–Kier alpha value is -7.16. The first kappa shape index (κ1) is 37.6. The van der Waals surface area contributed by atoms with Crippen LogP contribution in [-0.4, -0.2) is 0 Å². The highest BCUT2D eigenvalue weighted by Gasteiger charge is 2.37. The molecular weight excluding hydrogens is 763 g/mol. The zero-order chi connectivity index (χ0) is 42.1. The van der Waals surface area contributed by atoms with Gasteiger partial charge in [-0.05, 0) is 104 Å². The molecule has 9 aromatic carbocycles. The fraction of sp³-hybridized carbons (Fsp3) is 0.148. The number of furan rings is 1. The zero-order valence-corrected chi connectivity index (χ0v) is 35.9. The molecule has 2 aliphatic rings. The average molecular weight is 812 g/mol. The third kappa shape index (κ3) is 6.07. The summed E-state index contributed by atoms with van der Waals surface area (Å²) in [4.78, 5) is 2.51. The largest absolute Gasteiger partial charge is 0.455 e. The second kappa shape index (κ2) is 15.0. The first-order valence-electron chi connectivity index (χ1n) is 22.8. The molecule has 0 saturated heterocycles. The molecule has 304 valence electrons. The molecule has 2 aliphatic carbocycles. The summed E-state index contributed by atoms with van der Waals surface area (Å²) in [5.41, 5.74) is 19.1. The van der Waals surface area contributed by atoms with E-state index in [2.05, 4.69) is 213 Å². The molecule has 1 heterocycles. The minimum absolute atomic E-state index is 0.146. The Bertz CT molecular complexity index is 3370. The lowest BCUT2D eigenvalue weighted by molar-refractivity contribution is 0.445. The van der Waals surface area contributed by atoms with Gasteiger partial charge in [-0.1, -0.05) is 197 Å². The maximum Gasteiger partial charge on any atom is 0.143 e.